The first-order valence-corrected chi connectivity index (χ1v) is 17.9. The summed E-state index contributed by atoms with van der Waals surface area (Å²) in [5.74, 6) is 0.888. The lowest BCUT2D eigenvalue weighted by atomic mass is 10.0. The van der Waals surface area contributed by atoms with Gasteiger partial charge < -0.3 is 4.74 Å². The molecule has 0 unspecified atom stereocenters. The van der Waals surface area contributed by atoms with Crippen LogP contribution in [0.25, 0.3) is 36.9 Å². The van der Waals surface area contributed by atoms with Gasteiger partial charge in [0, 0.05) is 24.6 Å². The third-order valence-electron chi connectivity index (χ3n) is 8.35. The zero-order valence-corrected chi connectivity index (χ0v) is 27.9. The molecule has 0 aliphatic carbocycles. The molecule has 4 nitrogen and oxygen atoms in total. The van der Waals surface area contributed by atoms with Gasteiger partial charge >= 0.3 is 0 Å². The van der Waals surface area contributed by atoms with E-state index in [0.29, 0.717) is 6.61 Å². The van der Waals surface area contributed by atoms with Crippen molar-refractivity contribution in [2.45, 2.75) is 110 Å². The molecule has 0 saturated heterocycles. The first-order valence-electron chi connectivity index (χ1n) is 16.3. The molecule has 3 aromatic carbocycles. The predicted molar refractivity (Wildman–Crippen MR) is 185 cm³/mol. The fourth-order valence-electron chi connectivity index (χ4n) is 5.89. The number of hydrogen-bond acceptors (Lipinski definition) is 4. The molecule has 0 amide bonds. The maximum absolute atomic E-state index is 6.53. The highest BCUT2D eigenvalue weighted by Crippen LogP contribution is 2.41. The number of nitrogens with zero attached hydrogens (tertiary/aromatic N) is 3. The van der Waals surface area contributed by atoms with E-state index >= 15 is 0 Å². The van der Waals surface area contributed by atoms with Crippen LogP contribution in [-0.2, 0) is 6.42 Å². The molecule has 2 aromatic heterocycles. The summed E-state index contributed by atoms with van der Waals surface area (Å²) in [4.78, 5) is 0. The largest absolute Gasteiger partial charge is 0.491 e. The van der Waals surface area contributed by atoms with Crippen LogP contribution in [0.1, 0.15) is 109 Å². The second-order valence-electron chi connectivity index (χ2n) is 11.7. The standard InChI is InChI=1S/C36H46BrN3OS/c1-3-5-7-9-11-12-13-15-19-27-23-28-29-24-34(41-22-18-14-10-8-6-4-2)33(26-36(29)42-35(28)25-30(27)37)40-32-21-17-16-20-31(32)38-39-40/h16-17,20-21,23-26H,3-15,18-19,22H2,1-2H3. The quantitative estimate of drug-likeness (QED) is 0.0888. The lowest BCUT2D eigenvalue weighted by Gasteiger charge is -2.13. The molecule has 5 aromatic rings. The molecule has 224 valence electrons. The van der Waals surface area contributed by atoms with E-state index in [1.54, 1.807) is 0 Å². The Labute approximate surface area is 264 Å². The van der Waals surface area contributed by atoms with Crippen LogP contribution in [0.2, 0.25) is 0 Å². The molecule has 5 rings (SSSR count). The van der Waals surface area contributed by atoms with Gasteiger partial charge in [-0.05, 0) is 61.2 Å². The Balaban J connectivity index is 1.38. The summed E-state index contributed by atoms with van der Waals surface area (Å²) in [7, 11) is 0. The number of fused-ring (bicyclic) bond motifs is 4. The molecule has 6 heteroatoms. The average Bonchev–Trinajstić information content (AvgIpc) is 3.58. The summed E-state index contributed by atoms with van der Waals surface area (Å²) in [5, 5.41) is 11.6. The van der Waals surface area contributed by atoms with Crippen molar-refractivity contribution < 1.29 is 4.74 Å². The minimum atomic E-state index is 0.717. The third kappa shape index (κ3) is 7.74. The number of aromatic nitrogens is 3. The highest BCUT2D eigenvalue weighted by Gasteiger charge is 2.17. The van der Waals surface area contributed by atoms with Crippen molar-refractivity contribution in [3.8, 4) is 11.4 Å². The van der Waals surface area contributed by atoms with Gasteiger partial charge in [0.2, 0.25) is 0 Å². The molecular formula is C36H46BrN3OS. The first kappa shape index (κ1) is 31.0. The summed E-state index contributed by atoms with van der Waals surface area (Å²) in [5.41, 5.74) is 4.27. The summed E-state index contributed by atoms with van der Waals surface area (Å²) in [6, 6.07) is 17.4. The number of aryl methyl sites for hydroxylation is 1. The molecule has 0 aliphatic rings. The predicted octanol–water partition coefficient (Wildman–Crippen LogP) is 12.0. The van der Waals surface area contributed by atoms with Gasteiger partial charge in [0.15, 0.2) is 0 Å². The molecule has 0 spiro atoms. The topological polar surface area (TPSA) is 39.9 Å². The van der Waals surface area contributed by atoms with E-state index in [1.807, 2.05) is 34.2 Å². The summed E-state index contributed by atoms with van der Waals surface area (Å²) >= 11 is 5.74. The molecule has 42 heavy (non-hydrogen) atoms. The van der Waals surface area contributed by atoms with Gasteiger partial charge in [0.05, 0.1) is 12.1 Å². The van der Waals surface area contributed by atoms with E-state index in [-0.39, 0.29) is 0 Å². The number of hydrogen-bond donors (Lipinski definition) is 0. The highest BCUT2D eigenvalue weighted by atomic mass is 79.9. The van der Waals surface area contributed by atoms with Crippen molar-refractivity contribution in [1.82, 2.24) is 15.0 Å². The second-order valence-corrected chi connectivity index (χ2v) is 13.6. The number of rotatable bonds is 18. The fraction of sp³-hybridized carbons (Fsp3) is 0.500. The van der Waals surface area contributed by atoms with Gasteiger partial charge in [-0.2, -0.15) is 0 Å². The summed E-state index contributed by atoms with van der Waals surface area (Å²) < 4.78 is 12.3. The number of halogens is 1. The summed E-state index contributed by atoms with van der Waals surface area (Å²) in [6.07, 6.45) is 19.4. The maximum atomic E-state index is 6.53. The van der Waals surface area contributed by atoms with Gasteiger partial charge in [-0.15, -0.1) is 16.4 Å². The SMILES string of the molecule is CCCCCCCCCCc1cc2c(cc1Br)sc1cc(-n3nnc4ccccc43)c(OCCCCCCCC)cc12. The highest BCUT2D eigenvalue weighted by molar-refractivity contribution is 9.10. The Morgan fingerprint density at radius 1 is 0.738 bits per heavy atom. The molecule has 0 N–H and O–H groups in total. The van der Waals surface area contributed by atoms with Crippen LogP contribution in [0.4, 0.5) is 0 Å². The van der Waals surface area contributed by atoms with Crippen molar-refractivity contribution in [2.24, 2.45) is 0 Å². The van der Waals surface area contributed by atoms with E-state index < -0.39 is 0 Å². The van der Waals surface area contributed by atoms with E-state index in [4.69, 9.17) is 4.74 Å². The zero-order chi connectivity index (χ0) is 29.1. The Morgan fingerprint density at radius 3 is 2.14 bits per heavy atom. The number of ether oxygens (including phenoxy) is 1. The molecular weight excluding hydrogens is 602 g/mol. The van der Waals surface area contributed by atoms with E-state index in [9.17, 15) is 0 Å². The van der Waals surface area contributed by atoms with Gasteiger partial charge in [-0.1, -0.05) is 124 Å². The Kier molecular flexibility index (Phi) is 11.7. The number of para-hydroxylation sites is 1. The van der Waals surface area contributed by atoms with E-state index in [0.717, 1.165) is 35.3 Å². The van der Waals surface area contributed by atoms with Crippen LogP contribution >= 0.6 is 27.3 Å². The smallest absolute Gasteiger partial charge is 0.145 e. The Hall–Kier alpha value is -2.44. The number of benzene rings is 3. The van der Waals surface area contributed by atoms with Crippen LogP contribution in [0.15, 0.2) is 53.0 Å². The van der Waals surface area contributed by atoms with E-state index in [1.165, 1.54) is 114 Å². The molecule has 0 fully saturated rings. The molecule has 0 atom stereocenters. The van der Waals surface area contributed by atoms with Crippen molar-refractivity contribution in [3.05, 3.63) is 58.6 Å². The molecule has 0 radical (unpaired) electrons. The molecule has 0 aliphatic heterocycles. The minimum absolute atomic E-state index is 0.717. The van der Waals surface area contributed by atoms with Crippen molar-refractivity contribution in [3.63, 3.8) is 0 Å². The minimum Gasteiger partial charge on any atom is -0.491 e. The summed E-state index contributed by atoms with van der Waals surface area (Å²) in [6.45, 7) is 5.27. The number of unbranched alkanes of at least 4 members (excludes halogenated alkanes) is 12. The molecule has 0 saturated carbocycles. The molecule has 0 bridgehead atoms. The van der Waals surface area contributed by atoms with Gasteiger partial charge in [0.25, 0.3) is 0 Å². The first-order chi connectivity index (χ1) is 20.7. The van der Waals surface area contributed by atoms with E-state index in [2.05, 4.69) is 70.4 Å². The van der Waals surface area contributed by atoms with Crippen LogP contribution in [0.5, 0.6) is 5.75 Å². The van der Waals surface area contributed by atoms with Crippen LogP contribution in [-0.4, -0.2) is 21.6 Å². The van der Waals surface area contributed by atoms with Gasteiger partial charge in [-0.3, -0.25) is 0 Å². The van der Waals surface area contributed by atoms with Crippen molar-refractivity contribution >= 4 is 58.5 Å². The monoisotopic (exact) mass is 647 g/mol. The van der Waals surface area contributed by atoms with Crippen LogP contribution in [0.3, 0.4) is 0 Å². The Bertz CT molecular complexity index is 1570. The lowest BCUT2D eigenvalue weighted by molar-refractivity contribution is 0.303. The average molecular weight is 649 g/mol. The normalized spacial score (nSPS) is 11.8. The van der Waals surface area contributed by atoms with Crippen molar-refractivity contribution in [1.29, 1.82) is 0 Å². The second kappa shape index (κ2) is 15.9. The molecule has 2 heterocycles. The van der Waals surface area contributed by atoms with Gasteiger partial charge in [-0.25, -0.2) is 4.68 Å². The fourth-order valence-corrected chi connectivity index (χ4v) is 7.73. The van der Waals surface area contributed by atoms with Crippen LogP contribution < -0.4 is 4.74 Å². The maximum Gasteiger partial charge on any atom is 0.145 e. The zero-order valence-electron chi connectivity index (χ0n) is 25.5. The van der Waals surface area contributed by atoms with Crippen molar-refractivity contribution in [2.75, 3.05) is 6.61 Å². The van der Waals surface area contributed by atoms with Gasteiger partial charge in [0.1, 0.15) is 17.0 Å². The van der Waals surface area contributed by atoms with Crippen LogP contribution in [0, 0.1) is 0 Å². The third-order valence-corrected chi connectivity index (χ3v) is 10.2. The Morgan fingerprint density at radius 2 is 1.38 bits per heavy atom. The lowest BCUT2D eigenvalue weighted by Crippen LogP contribution is -2.04. The number of thiophene rings is 1.